The first kappa shape index (κ1) is 8.51. The van der Waals surface area contributed by atoms with E-state index in [1.165, 1.54) is 0 Å². The Hall–Kier alpha value is -0.590. The number of nitriles is 1. The zero-order chi connectivity index (χ0) is 8.27. The predicted octanol–water partition coefficient (Wildman–Crippen LogP) is 0.179. The van der Waals surface area contributed by atoms with Gasteiger partial charge in [-0.15, -0.1) is 0 Å². The van der Waals surface area contributed by atoms with E-state index in [1.54, 1.807) is 0 Å². The Morgan fingerprint density at radius 3 is 3.00 bits per heavy atom. The van der Waals surface area contributed by atoms with Crippen LogP contribution in [0.4, 0.5) is 0 Å². The normalized spacial score (nSPS) is 28.3. The average molecular weight is 153 g/mol. The highest BCUT2D eigenvalue weighted by Gasteiger charge is 2.21. The molecule has 3 nitrogen and oxygen atoms in total. The minimum Gasteiger partial charge on any atom is -0.327 e. The Bertz CT molecular complexity index is 159. The minimum absolute atomic E-state index is 0.229. The molecule has 1 fully saturated rings. The second kappa shape index (κ2) is 3.70. The highest BCUT2D eigenvalue weighted by Crippen LogP contribution is 2.14. The number of hydrogen-bond donors (Lipinski definition) is 1. The summed E-state index contributed by atoms with van der Waals surface area (Å²) in [5, 5.41) is 8.61. The Labute approximate surface area is 67.8 Å². The van der Waals surface area contributed by atoms with Gasteiger partial charge in [-0.3, -0.25) is 0 Å². The van der Waals surface area contributed by atoms with Crippen LogP contribution in [0.2, 0.25) is 0 Å². The second-order valence-corrected chi connectivity index (χ2v) is 3.35. The maximum Gasteiger partial charge on any atom is 0.0669 e. The fourth-order valence-electron chi connectivity index (χ4n) is 1.51. The monoisotopic (exact) mass is 153 g/mol. The molecule has 0 aromatic carbocycles. The maximum absolute atomic E-state index is 8.61. The molecular formula is C8H15N3. The molecule has 62 valence electrons. The zero-order valence-corrected chi connectivity index (χ0v) is 6.95. The standard InChI is InChI=1S/C8H15N3/c1-7(10)5-11-3-2-8(4-9)6-11/h7-8H,2-3,5-6,10H2,1H3. The fourth-order valence-corrected chi connectivity index (χ4v) is 1.51. The van der Waals surface area contributed by atoms with Gasteiger partial charge in [0, 0.05) is 19.1 Å². The van der Waals surface area contributed by atoms with E-state index in [9.17, 15) is 0 Å². The van der Waals surface area contributed by atoms with Crippen LogP contribution >= 0.6 is 0 Å². The molecule has 1 heterocycles. The molecule has 3 heteroatoms. The van der Waals surface area contributed by atoms with Gasteiger partial charge in [0.2, 0.25) is 0 Å². The summed E-state index contributed by atoms with van der Waals surface area (Å²) in [4.78, 5) is 2.26. The topological polar surface area (TPSA) is 53.0 Å². The van der Waals surface area contributed by atoms with Gasteiger partial charge in [0.25, 0.3) is 0 Å². The van der Waals surface area contributed by atoms with Crippen molar-refractivity contribution in [3.8, 4) is 6.07 Å². The lowest BCUT2D eigenvalue weighted by Gasteiger charge is -2.16. The maximum atomic E-state index is 8.61. The van der Waals surface area contributed by atoms with Gasteiger partial charge in [-0.1, -0.05) is 0 Å². The Kier molecular flexibility index (Phi) is 2.86. The van der Waals surface area contributed by atoms with Gasteiger partial charge in [-0.05, 0) is 19.9 Å². The third kappa shape index (κ3) is 2.49. The van der Waals surface area contributed by atoms with Crippen molar-refractivity contribution in [3.05, 3.63) is 0 Å². The van der Waals surface area contributed by atoms with Crippen molar-refractivity contribution in [1.29, 1.82) is 5.26 Å². The van der Waals surface area contributed by atoms with Crippen molar-refractivity contribution >= 4 is 0 Å². The number of nitrogens with two attached hydrogens (primary N) is 1. The number of hydrogen-bond acceptors (Lipinski definition) is 3. The predicted molar refractivity (Wildman–Crippen MR) is 43.8 cm³/mol. The van der Waals surface area contributed by atoms with E-state index < -0.39 is 0 Å². The first-order valence-electron chi connectivity index (χ1n) is 4.10. The largest absolute Gasteiger partial charge is 0.327 e. The van der Waals surface area contributed by atoms with Gasteiger partial charge in [0.15, 0.2) is 0 Å². The van der Waals surface area contributed by atoms with Crippen LogP contribution in [0.25, 0.3) is 0 Å². The fraction of sp³-hybridized carbons (Fsp3) is 0.875. The number of likely N-dealkylation sites (tertiary alicyclic amines) is 1. The number of rotatable bonds is 2. The Morgan fingerprint density at radius 2 is 2.55 bits per heavy atom. The molecule has 2 N–H and O–H groups in total. The molecule has 0 spiro atoms. The van der Waals surface area contributed by atoms with E-state index in [0.29, 0.717) is 0 Å². The highest BCUT2D eigenvalue weighted by atomic mass is 15.2. The van der Waals surface area contributed by atoms with Crippen LogP contribution in [0, 0.1) is 17.2 Å². The molecule has 1 aliphatic rings. The van der Waals surface area contributed by atoms with Crippen molar-refractivity contribution in [1.82, 2.24) is 4.90 Å². The summed E-state index contributed by atoms with van der Waals surface area (Å²) in [6.45, 7) is 4.88. The van der Waals surface area contributed by atoms with Gasteiger partial charge in [-0.25, -0.2) is 0 Å². The molecule has 0 radical (unpaired) electrons. The second-order valence-electron chi connectivity index (χ2n) is 3.35. The van der Waals surface area contributed by atoms with E-state index in [1.807, 2.05) is 6.92 Å². The molecule has 0 bridgehead atoms. The lowest BCUT2D eigenvalue weighted by atomic mass is 10.1. The molecule has 2 unspecified atom stereocenters. The van der Waals surface area contributed by atoms with Crippen molar-refractivity contribution in [2.45, 2.75) is 19.4 Å². The van der Waals surface area contributed by atoms with Gasteiger partial charge >= 0.3 is 0 Å². The van der Waals surface area contributed by atoms with E-state index in [-0.39, 0.29) is 12.0 Å². The molecule has 0 aliphatic carbocycles. The van der Waals surface area contributed by atoms with Crippen molar-refractivity contribution < 1.29 is 0 Å². The van der Waals surface area contributed by atoms with Gasteiger partial charge in [0.05, 0.1) is 12.0 Å². The third-order valence-corrected chi connectivity index (χ3v) is 2.00. The summed E-state index contributed by atoms with van der Waals surface area (Å²) in [5.74, 6) is 0.244. The third-order valence-electron chi connectivity index (χ3n) is 2.00. The summed E-state index contributed by atoms with van der Waals surface area (Å²) < 4.78 is 0. The van der Waals surface area contributed by atoms with Crippen LogP contribution in [-0.2, 0) is 0 Å². The molecule has 11 heavy (non-hydrogen) atoms. The molecule has 1 rings (SSSR count). The van der Waals surface area contributed by atoms with E-state index in [0.717, 1.165) is 26.1 Å². The Balaban J connectivity index is 2.26. The van der Waals surface area contributed by atoms with Gasteiger partial charge in [-0.2, -0.15) is 5.26 Å². The summed E-state index contributed by atoms with van der Waals surface area (Å²) in [6.07, 6.45) is 1.02. The highest BCUT2D eigenvalue weighted by molar-refractivity contribution is 4.90. The van der Waals surface area contributed by atoms with Gasteiger partial charge < -0.3 is 10.6 Å². The molecule has 1 saturated heterocycles. The van der Waals surface area contributed by atoms with Crippen molar-refractivity contribution in [3.63, 3.8) is 0 Å². The van der Waals surface area contributed by atoms with Crippen molar-refractivity contribution in [2.75, 3.05) is 19.6 Å². The van der Waals surface area contributed by atoms with Crippen molar-refractivity contribution in [2.24, 2.45) is 11.7 Å². The van der Waals surface area contributed by atoms with E-state index >= 15 is 0 Å². The van der Waals surface area contributed by atoms with Crippen LogP contribution in [-0.4, -0.2) is 30.6 Å². The van der Waals surface area contributed by atoms with Crippen LogP contribution in [0.3, 0.4) is 0 Å². The van der Waals surface area contributed by atoms with Crippen LogP contribution in [0.15, 0.2) is 0 Å². The summed E-state index contributed by atoms with van der Waals surface area (Å²) in [5.41, 5.74) is 5.63. The lowest BCUT2D eigenvalue weighted by molar-refractivity contribution is 0.315. The average Bonchev–Trinajstić information content (AvgIpc) is 2.34. The SMILES string of the molecule is CC(N)CN1CCC(C#N)C1. The van der Waals surface area contributed by atoms with E-state index in [4.69, 9.17) is 11.0 Å². The summed E-state index contributed by atoms with van der Waals surface area (Å²) >= 11 is 0. The van der Waals surface area contributed by atoms with Crippen LogP contribution in [0.5, 0.6) is 0 Å². The molecular weight excluding hydrogens is 138 g/mol. The molecule has 0 aromatic rings. The quantitative estimate of drug-likeness (QED) is 0.615. The lowest BCUT2D eigenvalue weighted by Crippen LogP contribution is -2.33. The molecule has 0 amide bonds. The van der Waals surface area contributed by atoms with Crippen LogP contribution in [0.1, 0.15) is 13.3 Å². The molecule has 2 atom stereocenters. The first-order chi connectivity index (χ1) is 5.22. The smallest absolute Gasteiger partial charge is 0.0669 e. The first-order valence-corrected chi connectivity index (χ1v) is 4.10. The Morgan fingerprint density at radius 1 is 1.82 bits per heavy atom. The molecule has 0 aromatic heterocycles. The summed E-state index contributed by atoms with van der Waals surface area (Å²) in [7, 11) is 0. The minimum atomic E-state index is 0.229. The zero-order valence-electron chi connectivity index (χ0n) is 6.95. The summed E-state index contributed by atoms with van der Waals surface area (Å²) in [6, 6.07) is 2.51. The number of nitrogens with zero attached hydrogens (tertiary/aromatic N) is 2. The van der Waals surface area contributed by atoms with Crippen LogP contribution < -0.4 is 5.73 Å². The van der Waals surface area contributed by atoms with Gasteiger partial charge in [0.1, 0.15) is 0 Å². The molecule has 1 aliphatic heterocycles. The van der Waals surface area contributed by atoms with E-state index in [2.05, 4.69) is 11.0 Å². The molecule has 0 saturated carbocycles.